The van der Waals surface area contributed by atoms with E-state index in [1.54, 1.807) is 31.6 Å². The molecule has 0 unspecified atom stereocenters. The van der Waals surface area contributed by atoms with Gasteiger partial charge in [-0.05, 0) is 49.6 Å². The number of amides is 1. The molecule has 0 spiro atoms. The second-order valence-corrected chi connectivity index (χ2v) is 7.23. The second-order valence-electron chi connectivity index (χ2n) is 7.23. The number of nitrogens with zero attached hydrogens (tertiary/aromatic N) is 3. The number of para-hydroxylation sites is 1. The first-order valence-electron chi connectivity index (χ1n) is 10.1. The Morgan fingerprint density at radius 3 is 2.70 bits per heavy atom. The Balaban J connectivity index is 1.63. The number of hydrogen-bond acceptors (Lipinski definition) is 6. The van der Waals surface area contributed by atoms with E-state index in [0.717, 1.165) is 37.2 Å². The Kier molecular flexibility index (Phi) is 5.79. The lowest BCUT2D eigenvalue weighted by Gasteiger charge is -2.30. The third kappa shape index (κ3) is 4.05. The summed E-state index contributed by atoms with van der Waals surface area (Å²) in [4.78, 5) is 24.1. The zero-order valence-corrected chi connectivity index (χ0v) is 17.0. The van der Waals surface area contributed by atoms with Crippen LogP contribution in [-0.2, 0) is 0 Å². The molecule has 154 valence electrons. The van der Waals surface area contributed by atoms with Gasteiger partial charge in [-0.15, -0.1) is 0 Å². The summed E-state index contributed by atoms with van der Waals surface area (Å²) in [7, 11) is 1.61. The topological polar surface area (TPSA) is 93.4 Å². The van der Waals surface area contributed by atoms with Crippen LogP contribution in [0.3, 0.4) is 0 Å². The lowest BCUT2D eigenvalue weighted by atomic mass is 10.1. The number of piperidine rings is 1. The molecule has 7 nitrogen and oxygen atoms in total. The smallest absolute Gasteiger partial charge is 0.276 e. The highest BCUT2D eigenvalue weighted by molar-refractivity contribution is 6.08. The van der Waals surface area contributed by atoms with Crippen LogP contribution in [0.4, 0.5) is 17.1 Å². The van der Waals surface area contributed by atoms with Crippen LogP contribution < -0.4 is 20.7 Å². The van der Waals surface area contributed by atoms with Gasteiger partial charge in [-0.2, -0.15) is 0 Å². The maximum atomic E-state index is 13.1. The number of pyridine rings is 2. The molecule has 0 aliphatic carbocycles. The van der Waals surface area contributed by atoms with Crippen molar-refractivity contribution in [2.24, 2.45) is 0 Å². The number of ether oxygens (including phenoxy) is 1. The quantitative estimate of drug-likeness (QED) is 0.669. The number of nitrogen functional groups attached to an aromatic ring is 1. The van der Waals surface area contributed by atoms with Crippen molar-refractivity contribution < 1.29 is 9.53 Å². The third-order valence-electron chi connectivity index (χ3n) is 5.27. The molecule has 1 saturated heterocycles. The molecule has 3 aromatic rings. The van der Waals surface area contributed by atoms with Gasteiger partial charge in [0, 0.05) is 24.8 Å². The van der Waals surface area contributed by atoms with Gasteiger partial charge in [0.05, 0.1) is 36.1 Å². The van der Waals surface area contributed by atoms with Gasteiger partial charge in [0.1, 0.15) is 5.75 Å². The van der Waals surface area contributed by atoms with Crippen molar-refractivity contribution in [2.45, 2.75) is 19.3 Å². The molecule has 3 N–H and O–H groups in total. The lowest BCUT2D eigenvalue weighted by Crippen LogP contribution is -2.30. The van der Waals surface area contributed by atoms with Gasteiger partial charge in [-0.1, -0.05) is 12.1 Å². The van der Waals surface area contributed by atoms with Crippen molar-refractivity contribution in [3.05, 3.63) is 60.6 Å². The first kappa shape index (κ1) is 19.7. The van der Waals surface area contributed by atoms with E-state index in [0.29, 0.717) is 22.8 Å². The maximum absolute atomic E-state index is 13.1. The standard InChI is InChI=1S/C23H25N5O2/c1-30-21-8-4-3-7-16(21)18-10-9-17(24)22(26-18)23(29)27-19-15-25-12-11-20(19)28-13-5-2-6-14-28/h3-4,7-12,15H,2,5-6,13-14,24H2,1H3,(H,27,29). The maximum Gasteiger partial charge on any atom is 0.276 e. The van der Waals surface area contributed by atoms with Crippen LogP contribution in [0.2, 0.25) is 0 Å². The molecule has 0 atom stereocenters. The molecule has 1 aromatic carbocycles. The summed E-state index contributed by atoms with van der Waals surface area (Å²) >= 11 is 0. The van der Waals surface area contributed by atoms with E-state index in [2.05, 4.69) is 20.2 Å². The molecule has 0 radical (unpaired) electrons. The lowest BCUT2D eigenvalue weighted by molar-refractivity contribution is 0.102. The van der Waals surface area contributed by atoms with Gasteiger partial charge < -0.3 is 20.7 Å². The number of carbonyl (C=O) groups excluding carboxylic acids is 1. The number of hydrogen-bond donors (Lipinski definition) is 2. The fraction of sp³-hybridized carbons (Fsp3) is 0.261. The summed E-state index contributed by atoms with van der Waals surface area (Å²) in [6.07, 6.45) is 6.94. The van der Waals surface area contributed by atoms with Crippen molar-refractivity contribution in [2.75, 3.05) is 36.1 Å². The Bertz CT molecular complexity index is 1050. The molecule has 3 heterocycles. The summed E-state index contributed by atoms with van der Waals surface area (Å²) < 4.78 is 5.42. The van der Waals surface area contributed by atoms with Gasteiger partial charge in [0.25, 0.3) is 5.91 Å². The molecule has 30 heavy (non-hydrogen) atoms. The highest BCUT2D eigenvalue weighted by atomic mass is 16.5. The Labute approximate surface area is 175 Å². The summed E-state index contributed by atoms with van der Waals surface area (Å²) in [6, 6.07) is 12.9. The Morgan fingerprint density at radius 2 is 1.90 bits per heavy atom. The SMILES string of the molecule is COc1ccccc1-c1ccc(N)c(C(=O)Nc2cnccc2N2CCCCC2)n1. The zero-order valence-electron chi connectivity index (χ0n) is 17.0. The Morgan fingerprint density at radius 1 is 1.10 bits per heavy atom. The van der Waals surface area contributed by atoms with Crippen LogP contribution in [0.15, 0.2) is 54.9 Å². The summed E-state index contributed by atoms with van der Waals surface area (Å²) in [6.45, 7) is 1.94. The predicted molar refractivity (Wildman–Crippen MR) is 119 cm³/mol. The van der Waals surface area contributed by atoms with Crippen molar-refractivity contribution >= 4 is 23.0 Å². The number of nitrogens with two attached hydrogens (primary N) is 1. The molecule has 1 aliphatic heterocycles. The number of aromatic nitrogens is 2. The van der Waals surface area contributed by atoms with E-state index in [1.165, 1.54) is 6.42 Å². The summed E-state index contributed by atoms with van der Waals surface area (Å²) in [5, 5.41) is 2.96. The van der Waals surface area contributed by atoms with Crippen molar-refractivity contribution in [3.63, 3.8) is 0 Å². The molecule has 7 heteroatoms. The van der Waals surface area contributed by atoms with Crippen LogP contribution in [0.25, 0.3) is 11.3 Å². The number of nitrogens with one attached hydrogen (secondary N) is 1. The van der Waals surface area contributed by atoms with E-state index in [9.17, 15) is 4.79 Å². The van der Waals surface area contributed by atoms with Gasteiger partial charge in [-0.3, -0.25) is 9.78 Å². The minimum atomic E-state index is -0.365. The molecule has 0 saturated carbocycles. The minimum absolute atomic E-state index is 0.173. The fourth-order valence-electron chi connectivity index (χ4n) is 3.73. The predicted octanol–water partition coefficient (Wildman–Crippen LogP) is 3.98. The molecular formula is C23H25N5O2. The molecule has 2 aromatic heterocycles. The second kappa shape index (κ2) is 8.82. The van der Waals surface area contributed by atoms with Crippen LogP contribution >= 0.6 is 0 Å². The number of rotatable bonds is 5. The summed E-state index contributed by atoms with van der Waals surface area (Å²) in [5.41, 5.74) is 9.63. The van der Waals surface area contributed by atoms with E-state index in [-0.39, 0.29) is 11.6 Å². The fourth-order valence-corrected chi connectivity index (χ4v) is 3.73. The average Bonchev–Trinajstić information content (AvgIpc) is 2.80. The van der Waals surface area contributed by atoms with Crippen LogP contribution in [0, 0.1) is 0 Å². The monoisotopic (exact) mass is 403 g/mol. The number of anilines is 3. The summed E-state index contributed by atoms with van der Waals surface area (Å²) in [5.74, 6) is 0.316. The van der Waals surface area contributed by atoms with Crippen molar-refractivity contribution in [1.29, 1.82) is 0 Å². The van der Waals surface area contributed by atoms with Gasteiger partial charge in [0.15, 0.2) is 5.69 Å². The van der Waals surface area contributed by atoms with E-state index in [1.807, 2.05) is 30.3 Å². The largest absolute Gasteiger partial charge is 0.496 e. The highest BCUT2D eigenvalue weighted by Gasteiger charge is 2.19. The van der Waals surface area contributed by atoms with Crippen molar-refractivity contribution in [3.8, 4) is 17.0 Å². The van der Waals surface area contributed by atoms with Crippen LogP contribution in [0.1, 0.15) is 29.8 Å². The van der Waals surface area contributed by atoms with Gasteiger partial charge in [-0.25, -0.2) is 4.98 Å². The van der Waals surface area contributed by atoms with E-state index >= 15 is 0 Å². The molecule has 0 bridgehead atoms. The van der Waals surface area contributed by atoms with E-state index in [4.69, 9.17) is 10.5 Å². The van der Waals surface area contributed by atoms with Crippen LogP contribution in [0.5, 0.6) is 5.75 Å². The van der Waals surface area contributed by atoms with E-state index < -0.39 is 0 Å². The molecular weight excluding hydrogens is 378 g/mol. The molecule has 1 aliphatic rings. The van der Waals surface area contributed by atoms with Crippen molar-refractivity contribution in [1.82, 2.24) is 9.97 Å². The highest BCUT2D eigenvalue weighted by Crippen LogP contribution is 2.31. The third-order valence-corrected chi connectivity index (χ3v) is 5.27. The first-order valence-corrected chi connectivity index (χ1v) is 10.1. The molecule has 4 rings (SSSR count). The number of methoxy groups -OCH3 is 1. The molecule has 1 amide bonds. The van der Waals surface area contributed by atoms with Gasteiger partial charge in [0.2, 0.25) is 0 Å². The molecule has 1 fully saturated rings. The number of carbonyl (C=O) groups is 1. The first-order chi connectivity index (χ1) is 14.7. The minimum Gasteiger partial charge on any atom is -0.496 e. The normalized spacial score (nSPS) is 13.7. The average molecular weight is 403 g/mol. The van der Waals surface area contributed by atoms with Crippen LogP contribution in [-0.4, -0.2) is 36.1 Å². The van der Waals surface area contributed by atoms with Gasteiger partial charge >= 0.3 is 0 Å². The zero-order chi connectivity index (χ0) is 20.9. The number of benzene rings is 1. The Hall–Kier alpha value is -3.61.